The molecule has 0 aliphatic carbocycles. The number of hydrogen-bond donors (Lipinski definition) is 1. The number of ether oxygens (including phenoxy) is 1. The van der Waals surface area contributed by atoms with E-state index in [2.05, 4.69) is 15.2 Å². The minimum Gasteiger partial charge on any atom is -0.467 e. The molecule has 1 N–H and O–H groups in total. The molecule has 25 heavy (non-hydrogen) atoms. The zero-order valence-electron chi connectivity index (χ0n) is 14.1. The van der Waals surface area contributed by atoms with Crippen LogP contribution < -0.4 is 10.1 Å². The topological polar surface area (TPSA) is 67.6 Å². The van der Waals surface area contributed by atoms with Crippen LogP contribution in [0, 0.1) is 5.92 Å². The number of methoxy groups -OCH3 is 1. The van der Waals surface area contributed by atoms with Crippen molar-refractivity contribution in [3.8, 4) is 5.95 Å². The summed E-state index contributed by atoms with van der Waals surface area (Å²) in [6, 6.07) is 7.77. The van der Waals surface area contributed by atoms with E-state index in [1.54, 1.807) is 0 Å². The van der Waals surface area contributed by atoms with Gasteiger partial charge >= 0.3 is 5.95 Å². The monoisotopic (exact) mass is 359 g/mol. The average Bonchev–Trinajstić information content (AvgIpc) is 3.21. The minimum absolute atomic E-state index is 0.00171. The van der Waals surface area contributed by atoms with Crippen LogP contribution in [0.4, 0.5) is 0 Å². The maximum Gasteiger partial charge on any atom is 0.305 e. The molecular weight excluding hydrogens is 338 g/mol. The molecule has 2 saturated heterocycles. The van der Waals surface area contributed by atoms with E-state index < -0.39 is 0 Å². The summed E-state index contributed by atoms with van der Waals surface area (Å²) in [5.41, 5.74) is 0.683. The molecule has 2 aliphatic heterocycles. The summed E-state index contributed by atoms with van der Waals surface area (Å²) in [5.74, 6) is 1.13. The van der Waals surface area contributed by atoms with Gasteiger partial charge in [-0.05, 0) is 61.3 Å². The van der Waals surface area contributed by atoms with E-state index in [0.717, 1.165) is 23.8 Å². The lowest BCUT2D eigenvalue weighted by molar-refractivity contribution is 0.0909. The van der Waals surface area contributed by atoms with Crippen LogP contribution in [0.5, 0.6) is 5.95 Å². The van der Waals surface area contributed by atoms with Crippen LogP contribution in [0.2, 0.25) is 0 Å². The van der Waals surface area contributed by atoms with Crippen LogP contribution in [-0.2, 0) is 0 Å². The van der Waals surface area contributed by atoms with Crippen molar-refractivity contribution in [1.29, 1.82) is 0 Å². The van der Waals surface area contributed by atoms with E-state index in [9.17, 15) is 4.79 Å². The van der Waals surface area contributed by atoms with Gasteiger partial charge in [-0.3, -0.25) is 4.79 Å². The van der Waals surface area contributed by atoms with E-state index in [4.69, 9.17) is 9.15 Å². The second kappa shape index (κ2) is 7.09. The van der Waals surface area contributed by atoms with Gasteiger partial charge in [0.15, 0.2) is 0 Å². The number of amides is 1. The summed E-state index contributed by atoms with van der Waals surface area (Å²) in [6.07, 6.45) is 3.91. The largest absolute Gasteiger partial charge is 0.467 e. The molecule has 3 heterocycles. The molecule has 2 fully saturated rings. The van der Waals surface area contributed by atoms with Crippen molar-refractivity contribution >= 4 is 17.7 Å². The van der Waals surface area contributed by atoms with Gasteiger partial charge in [-0.2, -0.15) is 0 Å². The number of carbonyl (C=O) groups is 1. The van der Waals surface area contributed by atoms with E-state index >= 15 is 0 Å². The highest BCUT2D eigenvalue weighted by molar-refractivity contribution is 7.99. The number of aromatic nitrogens is 1. The van der Waals surface area contributed by atoms with Crippen LogP contribution in [-0.4, -0.2) is 48.6 Å². The Kier molecular flexibility index (Phi) is 4.67. The van der Waals surface area contributed by atoms with Crippen LogP contribution in [0.25, 0.3) is 0 Å². The smallest absolute Gasteiger partial charge is 0.305 e. The number of fused-ring (bicyclic) bond motifs is 2. The number of oxazole rings is 1. The van der Waals surface area contributed by atoms with Crippen molar-refractivity contribution < 1.29 is 13.9 Å². The summed E-state index contributed by atoms with van der Waals surface area (Å²) in [7, 11) is 1.54. The Hall–Kier alpha value is -1.99. The molecule has 6 nitrogen and oxygen atoms in total. The summed E-state index contributed by atoms with van der Waals surface area (Å²) in [4.78, 5) is 20.0. The number of nitrogens with zero attached hydrogens (tertiary/aromatic N) is 2. The first-order chi connectivity index (χ1) is 12.2. The Bertz CT molecular complexity index is 734. The summed E-state index contributed by atoms with van der Waals surface area (Å²) >= 11 is 1.39. The maximum absolute atomic E-state index is 12.5. The van der Waals surface area contributed by atoms with Crippen molar-refractivity contribution in [2.24, 2.45) is 5.92 Å². The second-order valence-corrected chi connectivity index (χ2v) is 7.62. The van der Waals surface area contributed by atoms with Crippen LogP contribution in [0.15, 0.2) is 45.0 Å². The van der Waals surface area contributed by atoms with Gasteiger partial charge in [0.1, 0.15) is 6.20 Å². The zero-order valence-corrected chi connectivity index (χ0v) is 14.9. The van der Waals surface area contributed by atoms with E-state index in [-0.39, 0.29) is 11.9 Å². The highest BCUT2D eigenvalue weighted by atomic mass is 32.2. The fourth-order valence-corrected chi connectivity index (χ4v) is 4.30. The van der Waals surface area contributed by atoms with E-state index in [0.29, 0.717) is 16.7 Å². The van der Waals surface area contributed by atoms with Crippen molar-refractivity contribution in [2.45, 2.75) is 29.0 Å². The third kappa shape index (κ3) is 3.82. The molecule has 0 spiro atoms. The molecule has 0 radical (unpaired) electrons. The summed E-state index contributed by atoms with van der Waals surface area (Å²) in [6.45, 7) is 3.35. The molecule has 1 aromatic carbocycles. The lowest BCUT2D eigenvalue weighted by Gasteiger charge is -2.30. The zero-order chi connectivity index (χ0) is 17.2. The van der Waals surface area contributed by atoms with Gasteiger partial charge in [0.25, 0.3) is 11.1 Å². The molecule has 1 amide bonds. The lowest BCUT2D eigenvalue weighted by Crippen LogP contribution is -2.47. The van der Waals surface area contributed by atoms with Crippen LogP contribution >= 0.6 is 11.8 Å². The average molecular weight is 359 g/mol. The second-order valence-electron chi connectivity index (χ2n) is 6.60. The molecule has 3 atom stereocenters. The first-order valence-electron chi connectivity index (χ1n) is 8.50. The number of piperidine rings is 1. The molecule has 4 rings (SSSR count). The van der Waals surface area contributed by atoms with Gasteiger partial charge in [0.2, 0.25) is 0 Å². The van der Waals surface area contributed by atoms with Crippen molar-refractivity contribution in [3.63, 3.8) is 0 Å². The van der Waals surface area contributed by atoms with Crippen molar-refractivity contribution in [1.82, 2.24) is 15.2 Å². The first-order valence-corrected chi connectivity index (χ1v) is 9.32. The van der Waals surface area contributed by atoms with Gasteiger partial charge in [-0.15, -0.1) is 0 Å². The Morgan fingerprint density at radius 2 is 2.20 bits per heavy atom. The normalized spacial score (nSPS) is 24.9. The molecule has 7 heteroatoms. The molecule has 132 valence electrons. The van der Waals surface area contributed by atoms with E-state index in [1.807, 2.05) is 24.3 Å². The number of benzene rings is 1. The molecule has 3 unspecified atom stereocenters. The van der Waals surface area contributed by atoms with E-state index in [1.165, 1.54) is 44.6 Å². The maximum atomic E-state index is 12.5. The Labute approximate surface area is 150 Å². The minimum atomic E-state index is 0.00171. The standard InChI is InChI=1S/C18H21N3O3S/c1-23-16-9-19-18(24-16)25-15-4-2-13(3-5-15)17(22)20-14-8-12-6-7-21(10-12)11-14/h2-5,9,12,14H,6-8,10-11H2,1H3,(H,20,22). The third-order valence-corrected chi connectivity index (χ3v) is 5.66. The Balaban J connectivity index is 1.35. The first kappa shape index (κ1) is 16.5. The van der Waals surface area contributed by atoms with Gasteiger partial charge < -0.3 is 19.4 Å². The third-order valence-electron chi connectivity index (χ3n) is 4.79. The van der Waals surface area contributed by atoms with Gasteiger partial charge in [0, 0.05) is 29.6 Å². The fourth-order valence-electron chi connectivity index (χ4n) is 3.59. The van der Waals surface area contributed by atoms with Crippen LogP contribution in [0.3, 0.4) is 0 Å². The molecule has 0 saturated carbocycles. The Morgan fingerprint density at radius 1 is 1.36 bits per heavy atom. The van der Waals surface area contributed by atoms with Gasteiger partial charge in [0.05, 0.1) is 7.11 Å². The predicted octanol–water partition coefficient (Wildman–Crippen LogP) is 2.66. The van der Waals surface area contributed by atoms with Gasteiger partial charge in [-0.1, -0.05) is 0 Å². The molecular formula is C18H21N3O3S. The van der Waals surface area contributed by atoms with Gasteiger partial charge in [-0.25, -0.2) is 4.98 Å². The molecule has 2 bridgehead atoms. The highest BCUT2D eigenvalue weighted by Crippen LogP contribution is 2.30. The Morgan fingerprint density at radius 3 is 2.92 bits per heavy atom. The van der Waals surface area contributed by atoms with Crippen molar-refractivity contribution in [2.75, 3.05) is 26.7 Å². The highest BCUT2D eigenvalue weighted by Gasteiger charge is 2.32. The fraction of sp³-hybridized carbons (Fsp3) is 0.444. The quantitative estimate of drug-likeness (QED) is 0.885. The summed E-state index contributed by atoms with van der Waals surface area (Å²) in [5, 5.41) is 3.70. The lowest BCUT2D eigenvalue weighted by atomic mass is 9.96. The SMILES string of the molecule is COc1cnc(Sc2ccc(C(=O)NC3CC4CCN(C4)C3)cc2)o1. The molecule has 2 aliphatic rings. The number of rotatable bonds is 5. The van der Waals surface area contributed by atoms with Crippen molar-refractivity contribution in [3.05, 3.63) is 36.0 Å². The molecule has 2 aromatic rings. The molecule has 1 aromatic heterocycles. The number of carbonyl (C=O) groups excluding carboxylic acids is 1. The number of hydrogen-bond acceptors (Lipinski definition) is 6. The predicted molar refractivity (Wildman–Crippen MR) is 94.0 cm³/mol. The summed E-state index contributed by atoms with van der Waals surface area (Å²) < 4.78 is 10.4. The van der Waals surface area contributed by atoms with Crippen LogP contribution in [0.1, 0.15) is 23.2 Å². The number of nitrogens with one attached hydrogen (secondary N) is 1.